The monoisotopic (exact) mass is 282 g/mol. The Bertz CT molecular complexity index is 432. The Morgan fingerprint density at radius 3 is 2.68 bits per heavy atom. The van der Waals surface area contributed by atoms with Crippen molar-refractivity contribution < 1.29 is 4.79 Å². The summed E-state index contributed by atoms with van der Waals surface area (Å²) in [7, 11) is 3.50. The van der Waals surface area contributed by atoms with Gasteiger partial charge in [0.1, 0.15) is 0 Å². The second-order valence-electron chi connectivity index (χ2n) is 5.08. The number of carbonyl (C=O) groups is 1. The van der Waals surface area contributed by atoms with Crippen LogP contribution in [-0.4, -0.2) is 30.9 Å². The lowest BCUT2D eigenvalue weighted by molar-refractivity contribution is 0.0828. The molecule has 0 saturated carbocycles. The fourth-order valence-electron chi connectivity index (χ4n) is 1.91. The van der Waals surface area contributed by atoms with E-state index in [9.17, 15) is 4.79 Å². The van der Waals surface area contributed by atoms with Crippen molar-refractivity contribution in [3.8, 4) is 0 Å². The van der Waals surface area contributed by atoms with Gasteiger partial charge < -0.3 is 10.2 Å². The minimum absolute atomic E-state index is 0.0122. The minimum Gasteiger partial charge on any atom is -0.382 e. The molecule has 1 unspecified atom stereocenters. The molecule has 0 bridgehead atoms. The Balaban J connectivity index is 2.91. The topological polar surface area (TPSA) is 32.3 Å². The second-order valence-corrected chi connectivity index (χ2v) is 5.51. The van der Waals surface area contributed by atoms with Crippen molar-refractivity contribution >= 4 is 23.2 Å². The Kier molecular flexibility index (Phi) is 6.16. The van der Waals surface area contributed by atoms with E-state index in [4.69, 9.17) is 11.6 Å². The van der Waals surface area contributed by atoms with E-state index in [0.29, 0.717) is 16.6 Å². The summed E-state index contributed by atoms with van der Waals surface area (Å²) in [6.45, 7) is 4.30. The van der Waals surface area contributed by atoms with Crippen LogP contribution in [0.25, 0.3) is 0 Å². The van der Waals surface area contributed by atoms with E-state index in [1.54, 1.807) is 31.1 Å². The molecule has 4 heteroatoms. The smallest absolute Gasteiger partial charge is 0.255 e. The molecule has 1 amide bonds. The molecule has 3 nitrogen and oxygen atoms in total. The van der Waals surface area contributed by atoms with E-state index in [0.717, 1.165) is 12.1 Å². The van der Waals surface area contributed by atoms with Crippen molar-refractivity contribution in [2.24, 2.45) is 0 Å². The van der Waals surface area contributed by atoms with Gasteiger partial charge in [-0.05, 0) is 31.5 Å². The zero-order valence-electron chi connectivity index (χ0n) is 12.2. The third-order valence-corrected chi connectivity index (χ3v) is 3.25. The SMILES string of the molecule is CCCCC(C)Nc1cc(Cl)ccc1C(=O)N(C)C. The molecule has 0 aliphatic heterocycles. The quantitative estimate of drug-likeness (QED) is 0.854. The van der Waals surface area contributed by atoms with Gasteiger partial charge in [-0.1, -0.05) is 31.4 Å². The largest absolute Gasteiger partial charge is 0.382 e. The molecule has 0 saturated heterocycles. The molecule has 0 fully saturated rings. The van der Waals surface area contributed by atoms with Crippen LogP contribution in [0.2, 0.25) is 5.02 Å². The van der Waals surface area contributed by atoms with Gasteiger partial charge in [-0.2, -0.15) is 0 Å². The highest BCUT2D eigenvalue weighted by Crippen LogP contribution is 2.23. The first-order valence-electron chi connectivity index (χ1n) is 6.73. The van der Waals surface area contributed by atoms with Crippen LogP contribution in [0.1, 0.15) is 43.5 Å². The zero-order valence-corrected chi connectivity index (χ0v) is 12.9. The highest BCUT2D eigenvalue weighted by atomic mass is 35.5. The zero-order chi connectivity index (χ0) is 14.4. The first kappa shape index (κ1) is 15.8. The summed E-state index contributed by atoms with van der Waals surface area (Å²) in [4.78, 5) is 13.7. The van der Waals surface area contributed by atoms with E-state index >= 15 is 0 Å². The molecule has 0 aromatic heterocycles. The molecule has 106 valence electrons. The van der Waals surface area contributed by atoms with Crippen molar-refractivity contribution in [1.29, 1.82) is 0 Å². The number of unbranched alkanes of at least 4 members (excludes halogenated alkanes) is 1. The summed E-state index contributed by atoms with van der Waals surface area (Å²) in [5, 5.41) is 4.03. The number of halogens is 1. The Morgan fingerprint density at radius 1 is 1.42 bits per heavy atom. The third kappa shape index (κ3) is 4.75. The van der Waals surface area contributed by atoms with Gasteiger partial charge in [-0.25, -0.2) is 0 Å². The van der Waals surface area contributed by atoms with Crippen molar-refractivity contribution in [3.05, 3.63) is 28.8 Å². The molecular weight excluding hydrogens is 260 g/mol. The fraction of sp³-hybridized carbons (Fsp3) is 0.533. The van der Waals surface area contributed by atoms with Gasteiger partial charge in [0.15, 0.2) is 0 Å². The normalized spacial score (nSPS) is 12.1. The van der Waals surface area contributed by atoms with Gasteiger partial charge in [0.2, 0.25) is 0 Å². The molecule has 0 aliphatic rings. The van der Waals surface area contributed by atoms with E-state index in [-0.39, 0.29) is 5.91 Å². The van der Waals surface area contributed by atoms with Gasteiger partial charge in [-0.3, -0.25) is 4.79 Å². The van der Waals surface area contributed by atoms with Crippen LogP contribution < -0.4 is 5.32 Å². The van der Waals surface area contributed by atoms with Crippen LogP contribution >= 0.6 is 11.6 Å². The first-order valence-corrected chi connectivity index (χ1v) is 7.11. The van der Waals surface area contributed by atoms with Crippen LogP contribution in [0.5, 0.6) is 0 Å². The first-order chi connectivity index (χ1) is 8.95. The highest BCUT2D eigenvalue weighted by Gasteiger charge is 2.15. The molecule has 1 aromatic rings. The summed E-state index contributed by atoms with van der Waals surface area (Å²) in [5.41, 5.74) is 1.48. The van der Waals surface area contributed by atoms with Crippen molar-refractivity contribution in [2.45, 2.75) is 39.2 Å². The summed E-state index contributed by atoms with van der Waals surface area (Å²) < 4.78 is 0. The number of nitrogens with one attached hydrogen (secondary N) is 1. The summed E-state index contributed by atoms with van der Waals surface area (Å²) >= 11 is 6.02. The number of hydrogen-bond acceptors (Lipinski definition) is 2. The maximum Gasteiger partial charge on any atom is 0.255 e. The van der Waals surface area contributed by atoms with E-state index in [1.165, 1.54) is 12.8 Å². The number of hydrogen-bond donors (Lipinski definition) is 1. The number of carbonyl (C=O) groups excluding carboxylic acids is 1. The average Bonchev–Trinajstić information content (AvgIpc) is 2.35. The number of rotatable bonds is 6. The third-order valence-electron chi connectivity index (χ3n) is 3.01. The van der Waals surface area contributed by atoms with Gasteiger partial charge in [0, 0.05) is 30.8 Å². The maximum absolute atomic E-state index is 12.1. The molecule has 0 aliphatic carbocycles. The molecule has 1 aromatic carbocycles. The molecule has 1 rings (SSSR count). The highest BCUT2D eigenvalue weighted by molar-refractivity contribution is 6.31. The van der Waals surface area contributed by atoms with Crippen LogP contribution in [0.15, 0.2) is 18.2 Å². The molecule has 0 spiro atoms. The summed E-state index contributed by atoms with van der Waals surface area (Å²) in [6, 6.07) is 5.67. The lowest BCUT2D eigenvalue weighted by Crippen LogP contribution is -2.24. The minimum atomic E-state index is -0.0122. The molecule has 19 heavy (non-hydrogen) atoms. The summed E-state index contributed by atoms with van der Waals surface area (Å²) in [6.07, 6.45) is 3.43. The van der Waals surface area contributed by atoms with Crippen LogP contribution in [-0.2, 0) is 0 Å². The molecule has 0 heterocycles. The van der Waals surface area contributed by atoms with Gasteiger partial charge >= 0.3 is 0 Å². The molecule has 0 radical (unpaired) electrons. The van der Waals surface area contributed by atoms with Gasteiger partial charge in [0.05, 0.1) is 5.56 Å². The number of anilines is 1. The van der Waals surface area contributed by atoms with E-state index in [2.05, 4.69) is 19.2 Å². The predicted molar refractivity (Wildman–Crippen MR) is 82.1 cm³/mol. The predicted octanol–water partition coefficient (Wildman–Crippen LogP) is 4.03. The summed E-state index contributed by atoms with van der Waals surface area (Å²) in [5.74, 6) is -0.0122. The molecular formula is C15H23ClN2O. The standard InChI is InChI=1S/C15H23ClN2O/c1-5-6-7-11(2)17-14-10-12(16)8-9-13(14)15(19)18(3)4/h8-11,17H,5-7H2,1-4H3. The molecule has 1 N–H and O–H groups in total. The van der Waals surface area contributed by atoms with Gasteiger partial charge in [0.25, 0.3) is 5.91 Å². The maximum atomic E-state index is 12.1. The van der Waals surface area contributed by atoms with Gasteiger partial charge in [-0.15, -0.1) is 0 Å². The molecule has 1 atom stereocenters. The number of benzene rings is 1. The van der Waals surface area contributed by atoms with Crippen LogP contribution in [0, 0.1) is 0 Å². The second kappa shape index (κ2) is 7.39. The van der Waals surface area contributed by atoms with Crippen LogP contribution in [0.3, 0.4) is 0 Å². The lowest BCUT2D eigenvalue weighted by atomic mass is 10.1. The fourth-order valence-corrected chi connectivity index (χ4v) is 2.08. The van der Waals surface area contributed by atoms with Crippen molar-refractivity contribution in [1.82, 2.24) is 4.90 Å². The Labute approximate surface area is 120 Å². The van der Waals surface area contributed by atoms with Crippen LogP contribution in [0.4, 0.5) is 5.69 Å². The van der Waals surface area contributed by atoms with E-state index in [1.807, 2.05) is 6.07 Å². The van der Waals surface area contributed by atoms with E-state index < -0.39 is 0 Å². The Morgan fingerprint density at radius 2 is 2.11 bits per heavy atom. The average molecular weight is 283 g/mol. The number of nitrogens with zero attached hydrogens (tertiary/aromatic N) is 1. The number of amides is 1. The van der Waals surface area contributed by atoms with Crippen molar-refractivity contribution in [2.75, 3.05) is 19.4 Å². The van der Waals surface area contributed by atoms with Crippen molar-refractivity contribution in [3.63, 3.8) is 0 Å². The Hall–Kier alpha value is -1.22. The lowest BCUT2D eigenvalue weighted by Gasteiger charge is -2.19.